The molecule has 0 unspecified atom stereocenters. The van der Waals surface area contributed by atoms with Gasteiger partial charge in [-0.1, -0.05) is 12.1 Å². The Bertz CT molecular complexity index is 920. The molecule has 0 atom stereocenters. The Labute approximate surface area is 142 Å². The van der Waals surface area contributed by atoms with E-state index in [1.54, 1.807) is 24.3 Å². The summed E-state index contributed by atoms with van der Waals surface area (Å²) in [5.74, 6) is -2.28. The largest absolute Gasteiger partial charge is 0.461 e. The van der Waals surface area contributed by atoms with Gasteiger partial charge in [0.15, 0.2) is 0 Å². The molecule has 0 aliphatic carbocycles. The van der Waals surface area contributed by atoms with Crippen molar-refractivity contribution < 1.29 is 19.3 Å². The van der Waals surface area contributed by atoms with E-state index in [0.29, 0.717) is 11.1 Å². The maximum atomic E-state index is 12.7. The minimum absolute atomic E-state index is 0.0934. The standard InChI is InChI=1S/C17H13FN4O3/c18-10-25-14-4-5-15(17(23,24)13-8-20-21-9-13)22-16(14)12-3-1-2-11(6-12)7-19/h1-6,8-9,23-24H,10H2,(H,20,21). The number of nitrogens with one attached hydrogen (secondary N) is 1. The first-order valence-corrected chi connectivity index (χ1v) is 7.21. The predicted octanol–water partition coefficient (Wildman–Crippen LogP) is 1.83. The van der Waals surface area contributed by atoms with Gasteiger partial charge in [-0.25, -0.2) is 9.37 Å². The fourth-order valence-corrected chi connectivity index (χ4v) is 2.35. The average molecular weight is 340 g/mol. The molecule has 0 fully saturated rings. The highest BCUT2D eigenvalue weighted by atomic mass is 19.1. The van der Waals surface area contributed by atoms with Crippen LogP contribution in [0.25, 0.3) is 11.3 Å². The van der Waals surface area contributed by atoms with Crippen LogP contribution in [-0.2, 0) is 5.79 Å². The lowest BCUT2D eigenvalue weighted by molar-refractivity contribution is -0.135. The lowest BCUT2D eigenvalue weighted by Crippen LogP contribution is -2.27. The van der Waals surface area contributed by atoms with E-state index in [1.165, 1.54) is 24.5 Å². The highest BCUT2D eigenvalue weighted by Crippen LogP contribution is 2.33. The first kappa shape index (κ1) is 16.6. The van der Waals surface area contributed by atoms with E-state index in [1.807, 2.05) is 6.07 Å². The van der Waals surface area contributed by atoms with E-state index < -0.39 is 12.6 Å². The van der Waals surface area contributed by atoms with E-state index in [2.05, 4.69) is 15.2 Å². The summed E-state index contributed by atoms with van der Waals surface area (Å²) in [5, 5.41) is 36.0. The molecule has 0 saturated carbocycles. The van der Waals surface area contributed by atoms with Crippen LogP contribution < -0.4 is 4.74 Å². The van der Waals surface area contributed by atoms with Gasteiger partial charge in [-0.05, 0) is 24.3 Å². The number of halogens is 1. The fraction of sp³-hybridized carbons (Fsp3) is 0.118. The molecule has 3 rings (SSSR count). The molecule has 25 heavy (non-hydrogen) atoms. The van der Waals surface area contributed by atoms with Crippen LogP contribution in [0.5, 0.6) is 5.75 Å². The zero-order chi connectivity index (χ0) is 17.9. The minimum atomic E-state index is -2.40. The third kappa shape index (κ3) is 3.19. The number of nitrogens with zero attached hydrogens (tertiary/aromatic N) is 3. The number of alkyl halides is 1. The number of hydrogen-bond acceptors (Lipinski definition) is 6. The first-order valence-electron chi connectivity index (χ1n) is 7.21. The van der Waals surface area contributed by atoms with Gasteiger partial charge in [0.2, 0.25) is 12.6 Å². The SMILES string of the molecule is N#Cc1cccc(-c2nc(C(O)(O)c3cn[nH]c3)ccc2OCF)c1. The van der Waals surface area contributed by atoms with Crippen LogP contribution >= 0.6 is 0 Å². The highest BCUT2D eigenvalue weighted by Gasteiger charge is 2.32. The Morgan fingerprint density at radius 3 is 2.80 bits per heavy atom. The van der Waals surface area contributed by atoms with Crippen molar-refractivity contribution in [2.24, 2.45) is 0 Å². The summed E-state index contributed by atoms with van der Waals surface area (Å²) in [6.07, 6.45) is 2.58. The maximum Gasteiger partial charge on any atom is 0.238 e. The summed E-state index contributed by atoms with van der Waals surface area (Å²) in [5.41, 5.74) is 1.04. The molecular formula is C17H13FN4O3. The summed E-state index contributed by atoms with van der Waals surface area (Å²) >= 11 is 0. The minimum Gasteiger partial charge on any atom is -0.461 e. The van der Waals surface area contributed by atoms with Crippen LogP contribution in [0.2, 0.25) is 0 Å². The second kappa shape index (κ2) is 6.68. The number of pyridine rings is 1. The number of aliphatic hydroxyl groups is 2. The summed E-state index contributed by atoms with van der Waals surface area (Å²) in [7, 11) is 0. The summed E-state index contributed by atoms with van der Waals surface area (Å²) in [6, 6.07) is 11.2. The number of ether oxygens (including phenoxy) is 1. The van der Waals surface area contributed by atoms with Crippen LogP contribution in [-0.4, -0.2) is 32.3 Å². The van der Waals surface area contributed by atoms with Crippen molar-refractivity contribution in [1.29, 1.82) is 5.26 Å². The van der Waals surface area contributed by atoms with Crippen molar-refractivity contribution in [2.45, 2.75) is 5.79 Å². The van der Waals surface area contributed by atoms with Crippen LogP contribution in [0.1, 0.15) is 16.8 Å². The molecule has 8 heteroatoms. The van der Waals surface area contributed by atoms with Crippen molar-refractivity contribution in [3.63, 3.8) is 0 Å². The van der Waals surface area contributed by atoms with Gasteiger partial charge in [0.05, 0.1) is 23.4 Å². The van der Waals surface area contributed by atoms with Gasteiger partial charge in [-0.15, -0.1) is 0 Å². The Morgan fingerprint density at radius 1 is 1.28 bits per heavy atom. The average Bonchev–Trinajstić information content (AvgIpc) is 3.18. The monoisotopic (exact) mass is 340 g/mol. The van der Waals surface area contributed by atoms with Crippen LogP contribution in [0, 0.1) is 11.3 Å². The molecule has 0 aliphatic heterocycles. The number of benzene rings is 1. The molecule has 2 aromatic heterocycles. The molecule has 0 aliphatic rings. The van der Waals surface area contributed by atoms with E-state index in [0.717, 1.165) is 0 Å². The molecule has 0 amide bonds. The van der Waals surface area contributed by atoms with E-state index in [9.17, 15) is 14.6 Å². The van der Waals surface area contributed by atoms with Crippen molar-refractivity contribution >= 4 is 0 Å². The number of H-pyrrole nitrogens is 1. The van der Waals surface area contributed by atoms with Gasteiger partial charge in [0, 0.05) is 11.8 Å². The molecule has 0 spiro atoms. The van der Waals surface area contributed by atoms with E-state index in [4.69, 9.17) is 10.00 Å². The van der Waals surface area contributed by atoms with Crippen molar-refractivity contribution in [3.8, 4) is 23.1 Å². The second-order valence-corrected chi connectivity index (χ2v) is 5.15. The van der Waals surface area contributed by atoms with Gasteiger partial charge in [-0.3, -0.25) is 5.10 Å². The molecule has 3 aromatic rings. The Balaban J connectivity index is 2.14. The van der Waals surface area contributed by atoms with Crippen molar-refractivity contribution in [2.75, 3.05) is 6.86 Å². The molecule has 7 nitrogen and oxygen atoms in total. The first-order chi connectivity index (χ1) is 12.1. The molecule has 0 saturated heterocycles. The zero-order valence-electron chi connectivity index (χ0n) is 12.8. The molecule has 126 valence electrons. The number of hydrogen-bond donors (Lipinski definition) is 3. The fourth-order valence-electron chi connectivity index (χ4n) is 2.35. The van der Waals surface area contributed by atoms with Crippen molar-refractivity contribution in [1.82, 2.24) is 15.2 Å². The van der Waals surface area contributed by atoms with Crippen molar-refractivity contribution in [3.05, 3.63) is 65.6 Å². The molecule has 0 bridgehead atoms. The summed E-state index contributed by atoms with van der Waals surface area (Å²) < 4.78 is 17.6. The highest BCUT2D eigenvalue weighted by molar-refractivity contribution is 5.68. The summed E-state index contributed by atoms with van der Waals surface area (Å²) in [6.45, 7) is -1.07. The third-order valence-electron chi connectivity index (χ3n) is 3.59. The smallest absolute Gasteiger partial charge is 0.238 e. The molecular weight excluding hydrogens is 327 g/mol. The zero-order valence-corrected chi connectivity index (χ0v) is 12.8. The van der Waals surface area contributed by atoms with Gasteiger partial charge in [-0.2, -0.15) is 10.4 Å². The van der Waals surface area contributed by atoms with E-state index in [-0.39, 0.29) is 22.7 Å². The third-order valence-corrected chi connectivity index (χ3v) is 3.59. The normalized spacial score (nSPS) is 11.1. The lowest BCUT2D eigenvalue weighted by Gasteiger charge is -2.21. The van der Waals surface area contributed by atoms with Gasteiger partial charge in [0.25, 0.3) is 0 Å². The number of aromatic nitrogens is 3. The quantitative estimate of drug-likeness (QED) is 0.611. The molecule has 3 N–H and O–H groups in total. The van der Waals surface area contributed by atoms with Gasteiger partial charge in [0.1, 0.15) is 17.1 Å². The summed E-state index contributed by atoms with van der Waals surface area (Å²) in [4.78, 5) is 4.22. The van der Waals surface area contributed by atoms with Gasteiger partial charge >= 0.3 is 0 Å². The molecule has 1 aromatic carbocycles. The van der Waals surface area contributed by atoms with Crippen LogP contribution in [0.3, 0.4) is 0 Å². The van der Waals surface area contributed by atoms with E-state index >= 15 is 0 Å². The van der Waals surface area contributed by atoms with Crippen LogP contribution in [0.15, 0.2) is 48.8 Å². The molecule has 2 heterocycles. The number of rotatable bonds is 5. The predicted molar refractivity (Wildman–Crippen MR) is 84.8 cm³/mol. The molecule has 0 radical (unpaired) electrons. The number of nitriles is 1. The Hall–Kier alpha value is -3.28. The maximum absolute atomic E-state index is 12.7. The van der Waals surface area contributed by atoms with Gasteiger partial charge < -0.3 is 14.9 Å². The Kier molecular flexibility index (Phi) is 4.43. The topological polar surface area (TPSA) is 115 Å². The number of aromatic amines is 1. The van der Waals surface area contributed by atoms with Crippen LogP contribution in [0.4, 0.5) is 4.39 Å². The lowest BCUT2D eigenvalue weighted by atomic mass is 10.0. The Morgan fingerprint density at radius 2 is 2.12 bits per heavy atom. The second-order valence-electron chi connectivity index (χ2n) is 5.15.